The van der Waals surface area contributed by atoms with Crippen molar-refractivity contribution in [1.82, 2.24) is 20.3 Å². The van der Waals surface area contributed by atoms with Crippen LogP contribution in [0.3, 0.4) is 0 Å². The van der Waals surface area contributed by atoms with E-state index in [0.717, 1.165) is 6.07 Å². The molecule has 4 N–H and O–H groups in total. The van der Waals surface area contributed by atoms with Crippen LogP contribution in [0.1, 0.15) is 37.7 Å². The number of fused-ring (bicyclic) bond motifs is 1. The van der Waals surface area contributed by atoms with Crippen LogP contribution in [0.25, 0.3) is 0 Å². The van der Waals surface area contributed by atoms with Gasteiger partial charge in [0, 0.05) is 43.3 Å². The first-order valence-electron chi connectivity index (χ1n) is 10.6. The fourth-order valence-electron chi connectivity index (χ4n) is 3.38. The Labute approximate surface area is 195 Å². The van der Waals surface area contributed by atoms with Crippen LogP contribution >= 0.6 is 0 Å². The molecule has 34 heavy (non-hydrogen) atoms. The van der Waals surface area contributed by atoms with Crippen molar-refractivity contribution in [3.8, 4) is 0 Å². The zero-order valence-electron chi connectivity index (χ0n) is 19.6. The van der Waals surface area contributed by atoms with E-state index in [0.29, 0.717) is 45.7 Å². The van der Waals surface area contributed by atoms with Crippen LogP contribution in [-0.2, 0) is 17.5 Å². The van der Waals surface area contributed by atoms with Crippen LogP contribution in [0.4, 0.5) is 30.6 Å². The summed E-state index contributed by atoms with van der Waals surface area (Å²) in [6.07, 6.45) is -3.30. The number of aromatic nitrogens is 3. The molecule has 12 heteroatoms. The quantitative estimate of drug-likeness (QED) is 0.452. The van der Waals surface area contributed by atoms with Crippen LogP contribution in [0.2, 0.25) is 0 Å². The van der Waals surface area contributed by atoms with Gasteiger partial charge in [-0.05, 0) is 39.3 Å². The molecule has 9 nitrogen and oxygen atoms in total. The van der Waals surface area contributed by atoms with Crippen molar-refractivity contribution >= 4 is 29.1 Å². The van der Waals surface area contributed by atoms with Gasteiger partial charge in [-0.2, -0.15) is 18.2 Å². The molecular formula is C22H27F3N8O. The summed E-state index contributed by atoms with van der Waals surface area (Å²) < 4.78 is 38.0. The molecule has 3 heterocycles. The van der Waals surface area contributed by atoms with E-state index in [-0.39, 0.29) is 25.0 Å². The van der Waals surface area contributed by atoms with Gasteiger partial charge in [0.1, 0.15) is 17.4 Å². The molecule has 0 aliphatic carbocycles. The van der Waals surface area contributed by atoms with E-state index < -0.39 is 11.9 Å². The molecule has 0 saturated carbocycles. The lowest BCUT2D eigenvalue weighted by molar-refractivity contribution is -0.141. The number of halogens is 3. The van der Waals surface area contributed by atoms with Gasteiger partial charge in [-0.3, -0.25) is 9.78 Å². The monoisotopic (exact) mass is 476 g/mol. The number of pyridine rings is 1. The maximum Gasteiger partial charge on any atom is 0.433 e. The van der Waals surface area contributed by atoms with Crippen LogP contribution in [-0.4, -0.2) is 46.2 Å². The minimum absolute atomic E-state index is 0.128. The summed E-state index contributed by atoms with van der Waals surface area (Å²) in [5.74, 6) is 0.825. The molecule has 1 atom stereocenters. The number of alkyl halides is 3. The Morgan fingerprint density at radius 3 is 2.56 bits per heavy atom. The molecule has 1 amide bonds. The molecule has 3 rings (SSSR count). The van der Waals surface area contributed by atoms with Gasteiger partial charge < -0.3 is 26.3 Å². The highest BCUT2D eigenvalue weighted by Gasteiger charge is 2.32. The number of hydrogen-bond donors (Lipinski definition) is 4. The fraction of sp³-hybridized carbons (Fsp3) is 0.409. The number of carbonyl (C=O) groups excluding carboxylic acids is 1. The second kappa shape index (κ2) is 9.65. The second-order valence-electron chi connectivity index (χ2n) is 8.09. The molecule has 2 aromatic heterocycles. The molecule has 2 aromatic rings. The van der Waals surface area contributed by atoms with Gasteiger partial charge in [0.15, 0.2) is 5.82 Å². The maximum absolute atomic E-state index is 12.7. The molecular weight excluding hydrogens is 449 g/mol. The van der Waals surface area contributed by atoms with Gasteiger partial charge >= 0.3 is 6.18 Å². The Bertz CT molecular complexity index is 1130. The lowest BCUT2D eigenvalue weighted by Gasteiger charge is -2.32. The Kier molecular flexibility index (Phi) is 7.08. The molecule has 0 fully saturated rings. The van der Waals surface area contributed by atoms with E-state index in [4.69, 9.17) is 5.41 Å². The van der Waals surface area contributed by atoms with Gasteiger partial charge in [-0.25, -0.2) is 4.98 Å². The number of nitrogens with one attached hydrogen (secondary N) is 4. The molecule has 0 spiro atoms. The van der Waals surface area contributed by atoms with E-state index in [2.05, 4.69) is 30.9 Å². The predicted molar refractivity (Wildman–Crippen MR) is 124 cm³/mol. The Hall–Kier alpha value is -3.70. The van der Waals surface area contributed by atoms with E-state index in [1.54, 1.807) is 39.6 Å². The number of amides is 1. The average molecular weight is 477 g/mol. The first-order chi connectivity index (χ1) is 15.9. The first-order valence-corrected chi connectivity index (χ1v) is 10.6. The topological polar surface area (TPSA) is 119 Å². The van der Waals surface area contributed by atoms with Crippen LogP contribution in [0.5, 0.6) is 0 Å². The van der Waals surface area contributed by atoms with Gasteiger partial charge in [0.05, 0.1) is 5.69 Å². The summed E-state index contributed by atoms with van der Waals surface area (Å²) in [6, 6.07) is 1.93. The van der Waals surface area contributed by atoms with Crippen molar-refractivity contribution in [3.63, 3.8) is 0 Å². The largest absolute Gasteiger partial charge is 0.433 e. The first kappa shape index (κ1) is 24.9. The third-order valence-corrected chi connectivity index (χ3v) is 5.61. The van der Waals surface area contributed by atoms with E-state index in [9.17, 15) is 18.0 Å². The summed E-state index contributed by atoms with van der Waals surface area (Å²) in [4.78, 5) is 26.3. The number of rotatable bonds is 7. The van der Waals surface area contributed by atoms with Crippen molar-refractivity contribution in [3.05, 3.63) is 46.6 Å². The lowest BCUT2D eigenvalue weighted by Crippen LogP contribution is -2.44. The number of aryl methyl sites for hydroxylation is 1. The molecule has 0 saturated heterocycles. The smallest absolute Gasteiger partial charge is 0.384 e. The number of hydrogen-bond acceptors (Lipinski definition) is 8. The SMILES string of the molecule is CC(=N)/C(CNc1nc(C)c2c(n1)N(C)[C@@H](C)C(=O)N2)=C(/C)NCc1ccc(C(F)(F)F)nc1. The molecule has 0 radical (unpaired) electrons. The Morgan fingerprint density at radius 1 is 1.26 bits per heavy atom. The summed E-state index contributed by atoms with van der Waals surface area (Å²) >= 11 is 0. The standard InChI is InChI=1S/C22H27F3N8O/c1-11(26)16(12(2)27-8-15-6-7-17(28-9-15)22(23,24)25)10-29-21-30-13(3)18-19(32-21)33(5)14(4)20(34)31-18/h6-7,9,14,26-27H,8,10H2,1-5H3,(H,31,34)(H,29,30,32)/b16-12-,26-11?/t14-/m0/s1. The molecule has 182 valence electrons. The summed E-state index contributed by atoms with van der Waals surface area (Å²) in [6.45, 7) is 7.50. The van der Waals surface area contributed by atoms with Crippen LogP contribution in [0, 0.1) is 12.3 Å². The van der Waals surface area contributed by atoms with Crippen molar-refractivity contribution in [1.29, 1.82) is 5.41 Å². The Morgan fingerprint density at radius 2 is 1.97 bits per heavy atom. The average Bonchev–Trinajstić information content (AvgIpc) is 2.76. The number of allylic oxidation sites excluding steroid dienone is 1. The van der Waals surface area contributed by atoms with Crippen LogP contribution in [0.15, 0.2) is 29.6 Å². The highest BCUT2D eigenvalue weighted by atomic mass is 19.4. The summed E-state index contributed by atoms with van der Waals surface area (Å²) in [5.41, 5.74) is 2.48. The van der Waals surface area contributed by atoms with Crippen molar-refractivity contribution in [2.75, 3.05) is 29.1 Å². The Balaban J connectivity index is 1.72. The fourth-order valence-corrected chi connectivity index (χ4v) is 3.38. The molecule has 0 aromatic carbocycles. The van der Waals surface area contributed by atoms with Gasteiger partial charge in [-0.15, -0.1) is 0 Å². The zero-order valence-corrected chi connectivity index (χ0v) is 19.6. The number of nitrogens with zero attached hydrogens (tertiary/aromatic N) is 4. The normalized spacial score (nSPS) is 16.4. The van der Waals surface area contributed by atoms with E-state index in [1.807, 2.05) is 0 Å². The van der Waals surface area contributed by atoms with Crippen LogP contribution < -0.4 is 20.9 Å². The summed E-state index contributed by atoms with van der Waals surface area (Å²) in [7, 11) is 1.79. The third kappa shape index (κ3) is 5.43. The molecule has 0 unspecified atom stereocenters. The van der Waals surface area contributed by atoms with Gasteiger partial charge in [0.25, 0.3) is 0 Å². The highest BCUT2D eigenvalue weighted by molar-refractivity contribution is 6.03. The summed E-state index contributed by atoms with van der Waals surface area (Å²) in [5, 5.41) is 17.2. The number of carbonyl (C=O) groups is 1. The maximum atomic E-state index is 12.7. The molecule has 1 aliphatic heterocycles. The van der Waals surface area contributed by atoms with Gasteiger partial charge in [0.2, 0.25) is 11.9 Å². The number of likely N-dealkylation sites (N-methyl/N-ethyl adjacent to an activating group) is 1. The predicted octanol–water partition coefficient (Wildman–Crippen LogP) is 3.49. The van der Waals surface area contributed by atoms with E-state index >= 15 is 0 Å². The lowest BCUT2D eigenvalue weighted by atomic mass is 10.1. The van der Waals surface area contributed by atoms with Crippen molar-refractivity contribution < 1.29 is 18.0 Å². The third-order valence-electron chi connectivity index (χ3n) is 5.61. The van der Waals surface area contributed by atoms with Crippen molar-refractivity contribution in [2.24, 2.45) is 0 Å². The van der Waals surface area contributed by atoms with Crippen molar-refractivity contribution in [2.45, 2.75) is 46.5 Å². The second-order valence-corrected chi connectivity index (χ2v) is 8.09. The minimum atomic E-state index is -4.48. The van der Waals surface area contributed by atoms with E-state index in [1.165, 1.54) is 12.3 Å². The highest BCUT2D eigenvalue weighted by Crippen LogP contribution is 2.32. The number of anilines is 3. The molecule has 0 bridgehead atoms. The minimum Gasteiger partial charge on any atom is -0.384 e. The molecule has 1 aliphatic rings. The van der Waals surface area contributed by atoms with Gasteiger partial charge in [-0.1, -0.05) is 6.07 Å². The zero-order chi connectivity index (χ0) is 25.2.